The van der Waals surface area contributed by atoms with Gasteiger partial charge in [-0.05, 0) is 48.2 Å². The average Bonchev–Trinajstić information content (AvgIpc) is 3.26. The second kappa shape index (κ2) is 7.66. The molecule has 2 aromatic carbocycles. The number of hydrogen-bond donors (Lipinski definition) is 0. The van der Waals surface area contributed by atoms with Gasteiger partial charge in [-0.25, -0.2) is 4.99 Å². The van der Waals surface area contributed by atoms with E-state index in [1.165, 1.54) is 11.8 Å². The molecule has 1 saturated heterocycles. The molecular weight excluding hydrogens is 412 g/mol. The summed E-state index contributed by atoms with van der Waals surface area (Å²) in [6, 6.07) is 18.0. The van der Waals surface area contributed by atoms with Crippen molar-refractivity contribution in [2.24, 2.45) is 4.99 Å². The number of carbonyl (C=O) groups excluding carboxylic acids is 1. The van der Waals surface area contributed by atoms with Gasteiger partial charge in [0.15, 0.2) is 5.17 Å². The Labute approximate surface area is 183 Å². The van der Waals surface area contributed by atoms with Crippen molar-refractivity contribution in [3.05, 3.63) is 83.4 Å². The van der Waals surface area contributed by atoms with Crippen LogP contribution in [-0.2, 0) is 4.79 Å². The first-order valence-electron chi connectivity index (χ1n) is 9.44. The number of pyridine rings is 1. The van der Waals surface area contributed by atoms with Crippen LogP contribution in [0.4, 0.5) is 11.4 Å². The van der Waals surface area contributed by atoms with Crippen molar-refractivity contribution in [3.63, 3.8) is 0 Å². The lowest BCUT2D eigenvalue weighted by atomic mass is 10.2. The Kier molecular flexibility index (Phi) is 4.84. The van der Waals surface area contributed by atoms with Crippen LogP contribution in [0.25, 0.3) is 10.9 Å². The van der Waals surface area contributed by atoms with Crippen LogP contribution < -0.4 is 4.90 Å². The third-order valence-electron chi connectivity index (χ3n) is 4.92. The molecule has 3 heterocycles. The zero-order chi connectivity index (χ0) is 20.7. The smallest absolute Gasteiger partial charge is 0.269 e. The first kappa shape index (κ1) is 19.0. The molecule has 0 N–H and O–H groups in total. The first-order valence-corrected chi connectivity index (χ1v) is 11.1. The quantitative estimate of drug-likeness (QED) is 0.412. The maximum Gasteiger partial charge on any atom is 0.269 e. The molecule has 1 amide bonds. The fourth-order valence-corrected chi connectivity index (χ4v) is 5.80. The van der Waals surface area contributed by atoms with Crippen LogP contribution >= 0.6 is 23.5 Å². The molecule has 1 aromatic heterocycles. The molecule has 7 heteroatoms. The zero-order valence-electron chi connectivity index (χ0n) is 16.3. The average molecular weight is 431 g/mol. The molecule has 0 unspecified atom stereocenters. The Morgan fingerprint density at radius 1 is 1.13 bits per heavy atom. The SMILES string of the molecule is C=CCN1C(=O)C(=C2Sc3ccccc3N2C)SC1=Nc1ccc2ncccc2c1. The number of thioether (sulfide) groups is 2. The van der Waals surface area contributed by atoms with Gasteiger partial charge >= 0.3 is 0 Å². The molecule has 0 saturated carbocycles. The van der Waals surface area contributed by atoms with Crippen molar-refractivity contribution in [1.29, 1.82) is 0 Å². The Hall–Kier alpha value is -3.03. The number of benzene rings is 2. The molecule has 0 atom stereocenters. The number of carbonyl (C=O) groups is 1. The Bertz CT molecular complexity index is 1250. The summed E-state index contributed by atoms with van der Waals surface area (Å²) in [7, 11) is 2.00. The fraction of sp³-hybridized carbons (Fsp3) is 0.0870. The summed E-state index contributed by atoms with van der Waals surface area (Å²) in [6.45, 7) is 4.23. The number of hydrogen-bond acceptors (Lipinski definition) is 6. The van der Waals surface area contributed by atoms with E-state index in [-0.39, 0.29) is 5.91 Å². The monoisotopic (exact) mass is 430 g/mol. The minimum absolute atomic E-state index is 0.0386. The molecule has 30 heavy (non-hydrogen) atoms. The number of amidine groups is 1. The van der Waals surface area contributed by atoms with Gasteiger partial charge in [0, 0.05) is 30.1 Å². The summed E-state index contributed by atoms with van der Waals surface area (Å²) in [4.78, 5) is 28.0. The summed E-state index contributed by atoms with van der Waals surface area (Å²) >= 11 is 3.04. The largest absolute Gasteiger partial charge is 0.337 e. The van der Waals surface area contributed by atoms with Crippen molar-refractivity contribution in [1.82, 2.24) is 9.88 Å². The molecule has 2 aliphatic heterocycles. The van der Waals surface area contributed by atoms with E-state index in [2.05, 4.69) is 28.6 Å². The van der Waals surface area contributed by atoms with Crippen LogP contribution in [0.1, 0.15) is 0 Å². The lowest BCUT2D eigenvalue weighted by Crippen LogP contribution is -2.29. The van der Waals surface area contributed by atoms with E-state index >= 15 is 0 Å². The number of amides is 1. The van der Waals surface area contributed by atoms with Gasteiger partial charge in [0.2, 0.25) is 0 Å². The van der Waals surface area contributed by atoms with Crippen LogP contribution in [0.15, 0.2) is 93.3 Å². The normalized spacial score (nSPS) is 19.8. The van der Waals surface area contributed by atoms with E-state index in [9.17, 15) is 4.79 Å². The number of para-hydroxylation sites is 1. The Morgan fingerprint density at radius 3 is 2.83 bits per heavy atom. The Balaban J connectivity index is 1.55. The van der Waals surface area contributed by atoms with Crippen LogP contribution in [0.5, 0.6) is 0 Å². The first-order chi connectivity index (χ1) is 14.7. The molecule has 0 bridgehead atoms. The van der Waals surface area contributed by atoms with E-state index in [1.807, 2.05) is 49.5 Å². The molecule has 5 nitrogen and oxygen atoms in total. The molecular formula is C23H18N4OS2. The highest BCUT2D eigenvalue weighted by Gasteiger charge is 2.38. The number of nitrogens with zero attached hydrogens (tertiary/aromatic N) is 4. The minimum Gasteiger partial charge on any atom is -0.337 e. The summed E-state index contributed by atoms with van der Waals surface area (Å²) in [5.74, 6) is -0.0386. The summed E-state index contributed by atoms with van der Waals surface area (Å²) < 4.78 is 0. The van der Waals surface area contributed by atoms with Gasteiger partial charge in [0.1, 0.15) is 4.91 Å². The number of aliphatic imine (C=N–C) groups is 1. The number of rotatable bonds is 3. The topological polar surface area (TPSA) is 48.8 Å². The predicted molar refractivity (Wildman–Crippen MR) is 126 cm³/mol. The molecule has 0 spiro atoms. The predicted octanol–water partition coefficient (Wildman–Crippen LogP) is 5.39. The van der Waals surface area contributed by atoms with Gasteiger partial charge in [-0.15, -0.1) is 6.58 Å². The van der Waals surface area contributed by atoms with E-state index in [4.69, 9.17) is 4.99 Å². The molecule has 3 aromatic rings. The van der Waals surface area contributed by atoms with Crippen LogP contribution in [0.3, 0.4) is 0 Å². The summed E-state index contributed by atoms with van der Waals surface area (Å²) in [5, 5.41) is 2.62. The molecule has 2 aliphatic rings. The molecule has 0 aliphatic carbocycles. The molecule has 1 fully saturated rings. The van der Waals surface area contributed by atoms with Gasteiger partial charge in [-0.3, -0.25) is 14.7 Å². The highest BCUT2D eigenvalue weighted by Crippen LogP contribution is 2.49. The lowest BCUT2D eigenvalue weighted by Gasteiger charge is -2.15. The van der Waals surface area contributed by atoms with E-state index < -0.39 is 0 Å². The number of fused-ring (bicyclic) bond motifs is 2. The second-order valence-corrected chi connectivity index (χ2v) is 8.85. The van der Waals surface area contributed by atoms with Gasteiger partial charge < -0.3 is 4.90 Å². The van der Waals surface area contributed by atoms with E-state index in [0.717, 1.165) is 32.2 Å². The lowest BCUT2D eigenvalue weighted by molar-refractivity contribution is -0.121. The van der Waals surface area contributed by atoms with Gasteiger partial charge in [0.05, 0.1) is 21.9 Å². The minimum atomic E-state index is -0.0386. The van der Waals surface area contributed by atoms with Crippen molar-refractivity contribution in [3.8, 4) is 0 Å². The van der Waals surface area contributed by atoms with Crippen molar-refractivity contribution in [2.75, 3.05) is 18.5 Å². The van der Waals surface area contributed by atoms with Gasteiger partial charge in [0.25, 0.3) is 5.91 Å². The maximum absolute atomic E-state index is 13.3. The Morgan fingerprint density at radius 2 is 2.00 bits per heavy atom. The van der Waals surface area contributed by atoms with Crippen LogP contribution in [-0.4, -0.2) is 34.6 Å². The van der Waals surface area contributed by atoms with Crippen LogP contribution in [0.2, 0.25) is 0 Å². The zero-order valence-corrected chi connectivity index (χ0v) is 17.9. The summed E-state index contributed by atoms with van der Waals surface area (Å²) in [6.07, 6.45) is 3.50. The van der Waals surface area contributed by atoms with Crippen LogP contribution in [0, 0.1) is 0 Å². The number of aromatic nitrogens is 1. The fourth-order valence-electron chi connectivity index (χ4n) is 3.45. The number of anilines is 1. The molecule has 148 valence electrons. The van der Waals surface area contributed by atoms with Crippen molar-refractivity contribution < 1.29 is 4.79 Å². The standard InChI is InChI=1S/C23H18N4OS2/c1-3-13-27-21(28)20(22-26(2)18-8-4-5-9-19(18)29-22)30-23(27)25-16-10-11-17-15(14-16)7-6-12-24-17/h3-12,14H,1,13H2,2H3. The highest BCUT2D eigenvalue weighted by molar-refractivity contribution is 8.19. The third kappa shape index (κ3) is 3.20. The second-order valence-electron chi connectivity index (χ2n) is 6.84. The molecule has 0 radical (unpaired) electrons. The van der Waals surface area contributed by atoms with Crippen molar-refractivity contribution >= 4 is 56.9 Å². The van der Waals surface area contributed by atoms with Crippen molar-refractivity contribution in [2.45, 2.75) is 4.90 Å². The maximum atomic E-state index is 13.3. The van der Waals surface area contributed by atoms with E-state index in [0.29, 0.717) is 16.6 Å². The summed E-state index contributed by atoms with van der Waals surface area (Å²) in [5.41, 5.74) is 2.83. The third-order valence-corrected chi connectivity index (χ3v) is 7.35. The highest BCUT2D eigenvalue weighted by atomic mass is 32.2. The molecule has 5 rings (SSSR count). The van der Waals surface area contributed by atoms with E-state index in [1.54, 1.807) is 28.9 Å². The van der Waals surface area contributed by atoms with Gasteiger partial charge in [-0.2, -0.15) is 0 Å². The van der Waals surface area contributed by atoms with Gasteiger partial charge in [-0.1, -0.05) is 36.0 Å².